The third-order valence-electron chi connectivity index (χ3n) is 3.78. The summed E-state index contributed by atoms with van der Waals surface area (Å²) in [4.78, 5) is 0. The molecule has 0 saturated heterocycles. The lowest BCUT2D eigenvalue weighted by atomic mass is 9.86. The molecule has 2 aromatic rings. The van der Waals surface area contributed by atoms with Crippen LogP contribution >= 0.6 is 11.5 Å². The van der Waals surface area contributed by atoms with Crippen molar-refractivity contribution in [3.63, 3.8) is 0 Å². The summed E-state index contributed by atoms with van der Waals surface area (Å²) in [6, 6.07) is 8.18. The van der Waals surface area contributed by atoms with E-state index in [2.05, 4.69) is 15.8 Å². The van der Waals surface area contributed by atoms with E-state index in [1.165, 1.54) is 29.8 Å². The van der Waals surface area contributed by atoms with E-state index in [0.717, 1.165) is 29.9 Å². The number of hydrogen-bond donors (Lipinski definition) is 2. The molecule has 1 heterocycles. The Morgan fingerprint density at radius 1 is 1.28 bits per heavy atom. The van der Waals surface area contributed by atoms with Crippen molar-refractivity contribution < 1.29 is 5.11 Å². The molecule has 1 fully saturated rings. The van der Waals surface area contributed by atoms with Gasteiger partial charge in [-0.15, -0.1) is 0 Å². The van der Waals surface area contributed by atoms with E-state index in [9.17, 15) is 5.11 Å². The minimum atomic E-state index is -0.134. The van der Waals surface area contributed by atoms with E-state index < -0.39 is 0 Å². The number of aliphatic hydroxyl groups excluding tert-OH is 1. The highest BCUT2D eigenvalue weighted by Crippen LogP contribution is 2.29. The molecular formula is C14H18N2OS. The van der Waals surface area contributed by atoms with Gasteiger partial charge in [-0.2, -0.15) is 4.37 Å². The predicted molar refractivity (Wildman–Crippen MR) is 76.1 cm³/mol. The Labute approximate surface area is 111 Å². The molecule has 0 bridgehead atoms. The van der Waals surface area contributed by atoms with Crippen molar-refractivity contribution in [1.82, 2.24) is 4.37 Å². The van der Waals surface area contributed by atoms with Crippen molar-refractivity contribution in [2.75, 3.05) is 11.9 Å². The molecule has 0 aliphatic heterocycles. The van der Waals surface area contributed by atoms with Crippen LogP contribution in [0.4, 0.5) is 5.00 Å². The van der Waals surface area contributed by atoms with Gasteiger partial charge < -0.3 is 10.4 Å². The van der Waals surface area contributed by atoms with Gasteiger partial charge in [0.2, 0.25) is 0 Å². The number of aromatic nitrogens is 1. The molecule has 0 spiro atoms. The quantitative estimate of drug-likeness (QED) is 0.892. The summed E-state index contributed by atoms with van der Waals surface area (Å²) in [6.07, 6.45) is 4.36. The van der Waals surface area contributed by atoms with Crippen molar-refractivity contribution >= 4 is 27.4 Å². The molecule has 0 amide bonds. The van der Waals surface area contributed by atoms with Crippen LogP contribution in [0.1, 0.15) is 25.7 Å². The summed E-state index contributed by atoms with van der Waals surface area (Å²) in [5.41, 5.74) is 1.05. The molecule has 4 heteroatoms. The van der Waals surface area contributed by atoms with E-state index in [4.69, 9.17) is 0 Å². The van der Waals surface area contributed by atoms with Gasteiger partial charge in [0.15, 0.2) is 0 Å². The lowest BCUT2D eigenvalue weighted by Crippen LogP contribution is -2.30. The Hall–Kier alpha value is -1.13. The van der Waals surface area contributed by atoms with Gasteiger partial charge in [-0.1, -0.05) is 25.0 Å². The molecule has 96 valence electrons. The number of anilines is 1. The summed E-state index contributed by atoms with van der Waals surface area (Å²) < 4.78 is 4.42. The van der Waals surface area contributed by atoms with Crippen LogP contribution in [-0.4, -0.2) is 22.1 Å². The van der Waals surface area contributed by atoms with Crippen LogP contribution in [0.3, 0.4) is 0 Å². The Balaban J connectivity index is 1.69. The molecule has 1 saturated carbocycles. The lowest BCUT2D eigenvalue weighted by Gasteiger charge is -2.27. The summed E-state index contributed by atoms with van der Waals surface area (Å²) in [5, 5.41) is 15.7. The lowest BCUT2D eigenvalue weighted by molar-refractivity contribution is 0.0764. The number of hydrogen-bond acceptors (Lipinski definition) is 4. The molecule has 1 aliphatic rings. The maximum absolute atomic E-state index is 9.96. The second-order valence-electron chi connectivity index (χ2n) is 5.02. The van der Waals surface area contributed by atoms with Crippen LogP contribution in [0, 0.1) is 5.92 Å². The number of nitrogens with one attached hydrogen (secondary N) is 1. The number of aliphatic hydroxyl groups is 1. The van der Waals surface area contributed by atoms with Crippen molar-refractivity contribution in [3.05, 3.63) is 24.3 Å². The summed E-state index contributed by atoms with van der Waals surface area (Å²) >= 11 is 1.51. The Morgan fingerprint density at radius 3 is 3.00 bits per heavy atom. The highest BCUT2D eigenvalue weighted by Gasteiger charge is 2.22. The van der Waals surface area contributed by atoms with E-state index in [1.54, 1.807) is 0 Å². The van der Waals surface area contributed by atoms with Gasteiger partial charge in [0.1, 0.15) is 5.00 Å². The van der Waals surface area contributed by atoms with Crippen LogP contribution in [0.25, 0.3) is 10.9 Å². The summed E-state index contributed by atoms with van der Waals surface area (Å²) in [5.74, 6) is 0.389. The van der Waals surface area contributed by atoms with Crippen molar-refractivity contribution in [1.29, 1.82) is 0 Å². The normalized spacial score (nSPS) is 24.3. The summed E-state index contributed by atoms with van der Waals surface area (Å²) in [6.45, 7) is 0.855. The fraction of sp³-hybridized carbons (Fsp3) is 0.500. The predicted octanol–water partition coefficient (Wildman–Crippen LogP) is 3.26. The zero-order valence-electron chi connectivity index (χ0n) is 10.3. The standard InChI is InChI=1S/C14H18N2OS/c17-13-8-4-1-5-10(13)9-15-14-11-6-2-3-7-12(11)16-18-14/h2-3,6-7,10,13,15,17H,1,4-5,8-9H2. The zero-order valence-corrected chi connectivity index (χ0v) is 11.1. The number of nitrogens with zero attached hydrogens (tertiary/aromatic N) is 1. The SMILES string of the molecule is OC1CCCCC1CNc1snc2ccccc12. The average molecular weight is 262 g/mol. The smallest absolute Gasteiger partial charge is 0.117 e. The number of rotatable bonds is 3. The molecule has 2 atom stereocenters. The van der Waals surface area contributed by atoms with Gasteiger partial charge in [-0.05, 0) is 36.5 Å². The first-order valence-corrected chi connectivity index (χ1v) is 7.38. The third-order valence-corrected chi connectivity index (χ3v) is 4.61. The summed E-state index contributed by atoms with van der Waals surface area (Å²) in [7, 11) is 0. The van der Waals surface area contributed by atoms with Crippen LogP contribution in [-0.2, 0) is 0 Å². The van der Waals surface area contributed by atoms with Crippen LogP contribution in [0.15, 0.2) is 24.3 Å². The molecular weight excluding hydrogens is 244 g/mol. The van der Waals surface area contributed by atoms with Crippen molar-refractivity contribution in [2.24, 2.45) is 5.92 Å². The highest BCUT2D eigenvalue weighted by molar-refractivity contribution is 7.11. The number of fused-ring (bicyclic) bond motifs is 1. The molecule has 0 radical (unpaired) electrons. The van der Waals surface area contributed by atoms with E-state index in [-0.39, 0.29) is 6.10 Å². The first-order valence-electron chi connectivity index (χ1n) is 6.61. The van der Waals surface area contributed by atoms with E-state index in [1.807, 2.05) is 18.2 Å². The van der Waals surface area contributed by atoms with Gasteiger partial charge in [0.05, 0.1) is 11.6 Å². The molecule has 1 aromatic carbocycles. The van der Waals surface area contributed by atoms with Crippen LogP contribution in [0.2, 0.25) is 0 Å². The first kappa shape index (κ1) is 11.9. The van der Waals surface area contributed by atoms with Crippen molar-refractivity contribution in [3.8, 4) is 0 Å². The molecule has 3 nitrogen and oxygen atoms in total. The maximum atomic E-state index is 9.96. The molecule has 1 aromatic heterocycles. The monoisotopic (exact) mass is 262 g/mol. The minimum Gasteiger partial charge on any atom is -0.393 e. The topological polar surface area (TPSA) is 45.1 Å². The zero-order chi connectivity index (χ0) is 12.4. The average Bonchev–Trinajstić information content (AvgIpc) is 2.81. The van der Waals surface area contributed by atoms with Gasteiger partial charge in [0, 0.05) is 17.8 Å². The maximum Gasteiger partial charge on any atom is 0.117 e. The Morgan fingerprint density at radius 2 is 2.11 bits per heavy atom. The fourth-order valence-electron chi connectivity index (χ4n) is 2.67. The van der Waals surface area contributed by atoms with Crippen LogP contribution in [0.5, 0.6) is 0 Å². The molecule has 2 unspecified atom stereocenters. The second kappa shape index (κ2) is 5.24. The fourth-order valence-corrected chi connectivity index (χ4v) is 3.43. The molecule has 1 aliphatic carbocycles. The van der Waals surface area contributed by atoms with Gasteiger partial charge in [0.25, 0.3) is 0 Å². The van der Waals surface area contributed by atoms with Gasteiger partial charge in [-0.25, -0.2) is 0 Å². The van der Waals surface area contributed by atoms with Gasteiger partial charge >= 0.3 is 0 Å². The largest absolute Gasteiger partial charge is 0.393 e. The van der Waals surface area contributed by atoms with Crippen LogP contribution < -0.4 is 5.32 Å². The number of benzene rings is 1. The van der Waals surface area contributed by atoms with Gasteiger partial charge in [-0.3, -0.25) is 0 Å². The molecule has 18 heavy (non-hydrogen) atoms. The first-order chi connectivity index (χ1) is 8.84. The van der Waals surface area contributed by atoms with Crippen molar-refractivity contribution in [2.45, 2.75) is 31.8 Å². The molecule has 2 N–H and O–H groups in total. The third kappa shape index (κ3) is 2.35. The molecule has 3 rings (SSSR count). The van der Waals surface area contributed by atoms with E-state index >= 15 is 0 Å². The van der Waals surface area contributed by atoms with E-state index in [0.29, 0.717) is 5.92 Å². The highest BCUT2D eigenvalue weighted by atomic mass is 32.1. The second-order valence-corrected chi connectivity index (χ2v) is 5.80. The Bertz CT molecular complexity index is 525. The minimum absolute atomic E-state index is 0.134. The Kier molecular flexibility index (Phi) is 3.48.